The van der Waals surface area contributed by atoms with Crippen LogP contribution in [0.25, 0.3) is 21.3 Å². The van der Waals surface area contributed by atoms with Gasteiger partial charge in [0.2, 0.25) is 0 Å². The summed E-state index contributed by atoms with van der Waals surface area (Å²) >= 11 is 11.8. The molecule has 2 aromatic heterocycles. The zero-order chi connectivity index (χ0) is 24.2. The molecule has 0 atom stereocenters. The van der Waals surface area contributed by atoms with E-state index < -0.39 is 0 Å². The maximum Gasteiger partial charge on any atom is 0.103 e. The van der Waals surface area contributed by atoms with Gasteiger partial charge in [-0.25, -0.2) is 0 Å². The Morgan fingerprint density at radius 2 is 1.97 bits per heavy atom. The smallest absolute Gasteiger partial charge is 0.103 e. The van der Waals surface area contributed by atoms with Crippen molar-refractivity contribution >= 4 is 61.1 Å². The van der Waals surface area contributed by atoms with E-state index in [1.807, 2.05) is 25.1 Å². The maximum atomic E-state index is 9.72. The molecule has 0 unspecified atom stereocenters. The molecule has 4 rings (SSSR count). The second-order valence-electron chi connectivity index (χ2n) is 8.34. The summed E-state index contributed by atoms with van der Waals surface area (Å²) in [5.74, 6) is 0. The van der Waals surface area contributed by atoms with E-state index in [1.165, 1.54) is 9.75 Å². The van der Waals surface area contributed by atoms with Gasteiger partial charge in [0, 0.05) is 45.4 Å². The van der Waals surface area contributed by atoms with Crippen molar-refractivity contribution in [2.75, 3.05) is 32.5 Å². The molecule has 0 fully saturated rings. The lowest BCUT2D eigenvalue weighted by Crippen LogP contribution is -2.25. The standard InChI is InChI=1S/C26H25BrClN5S/c1-16-10-19(27)12-22(28)25(16)32-26-18(13-29)14-31-23-11-17(4-6-21(23)26)24-7-5-20(34-24)15-30-8-9-33(2)3/h4-7,10-12,14,30H,8-9,15H2,1-3H3,(H,31,32). The number of aromatic nitrogens is 1. The number of halogens is 2. The van der Waals surface area contributed by atoms with Gasteiger partial charge in [-0.15, -0.1) is 11.3 Å². The van der Waals surface area contributed by atoms with Crippen LogP contribution in [0.4, 0.5) is 11.4 Å². The third-order valence-electron chi connectivity index (χ3n) is 5.47. The molecule has 0 bridgehead atoms. The first-order valence-electron chi connectivity index (χ1n) is 10.9. The molecule has 174 valence electrons. The average molecular weight is 555 g/mol. The van der Waals surface area contributed by atoms with Crippen LogP contribution in [0.3, 0.4) is 0 Å². The summed E-state index contributed by atoms with van der Waals surface area (Å²) in [5, 5.41) is 18.1. The molecule has 0 saturated heterocycles. The van der Waals surface area contributed by atoms with E-state index in [-0.39, 0.29) is 0 Å². The number of rotatable bonds is 8. The molecule has 2 aromatic carbocycles. The minimum absolute atomic E-state index is 0.473. The summed E-state index contributed by atoms with van der Waals surface area (Å²) in [6.45, 7) is 4.81. The molecule has 0 aliphatic carbocycles. The molecule has 0 saturated carbocycles. The largest absolute Gasteiger partial charge is 0.352 e. The first-order valence-corrected chi connectivity index (χ1v) is 12.8. The van der Waals surface area contributed by atoms with Gasteiger partial charge in [-0.2, -0.15) is 5.26 Å². The van der Waals surface area contributed by atoms with Crippen molar-refractivity contribution in [2.45, 2.75) is 13.5 Å². The first-order chi connectivity index (χ1) is 16.4. The van der Waals surface area contributed by atoms with E-state index in [0.29, 0.717) is 16.3 Å². The number of nitrogens with one attached hydrogen (secondary N) is 2. The van der Waals surface area contributed by atoms with Gasteiger partial charge in [0.25, 0.3) is 0 Å². The van der Waals surface area contributed by atoms with E-state index in [4.69, 9.17) is 11.6 Å². The fraction of sp³-hybridized carbons (Fsp3) is 0.231. The van der Waals surface area contributed by atoms with Crippen molar-refractivity contribution in [3.05, 3.63) is 74.2 Å². The Kier molecular flexibility index (Phi) is 7.87. The highest BCUT2D eigenvalue weighted by Gasteiger charge is 2.14. The van der Waals surface area contributed by atoms with Crippen molar-refractivity contribution in [3.8, 4) is 16.5 Å². The Labute approximate surface area is 217 Å². The van der Waals surface area contributed by atoms with E-state index in [0.717, 1.165) is 51.8 Å². The van der Waals surface area contributed by atoms with Gasteiger partial charge < -0.3 is 15.5 Å². The van der Waals surface area contributed by atoms with Crippen LogP contribution in [-0.2, 0) is 6.54 Å². The maximum absolute atomic E-state index is 9.72. The van der Waals surface area contributed by atoms with Crippen LogP contribution < -0.4 is 10.6 Å². The predicted octanol–water partition coefficient (Wildman–Crippen LogP) is 6.95. The van der Waals surface area contributed by atoms with E-state index in [1.54, 1.807) is 17.5 Å². The fourth-order valence-corrected chi connectivity index (χ4v) is 5.69. The van der Waals surface area contributed by atoms with Crippen LogP contribution in [0, 0.1) is 18.3 Å². The Balaban J connectivity index is 1.63. The molecule has 5 nitrogen and oxygen atoms in total. The Morgan fingerprint density at radius 3 is 2.71 bits per heavy atom. The van der Waals surface area contributed by atoms with Crippen molar-refractivity contribution in [3.63, 3.8) is 0 Å². The van der Waals surface area contributed by atoms with Crippen LogP contribution in [0.1, 0.15) is 16.0 Å². The monoisotopic (exact) mass is 553 g/mol. The summed E-state index contributed by atoms with van der Waals surface area (Å²) in [6, 6.07) is 16.6. The van der Waals surface area contributed by atoms with Gasteiger partial charge in [-0.1, -0.05) is 39.7 Å². The number of likely N-dealkylation sites (N-methyl/N-ethyl adjacent to an activating group) is 1. The zero-order valence-corrected chi connectivity index (χ0v) is 22.4. The summed E-state index contributed by atoms with van der Waals surface area (Å²) < 4.78 is 0.911. The normalized spacial score (nSPS) is 11.2. The summed E-state index contributed by atoms with van der Waals surface area (Å²) in [7, 11) is 4.15. The number of fused-ring (bicyclic) bond motifs is 1. The molecule has 0 spiro atoms. The van der Waals surface area contributed by atoms with Gasteiger partial charge in [0.05, 0.1) is 27.5 Å². The summed E-state index contributed by atoms with van der Waals surface area (Å²) in [4.78, 5) is 9.23. The van der Waals surface area contributed by atoms with Gasteiger partial charge >= 0.3 is 0 Å². The van der Waals surface area contributed by atoms with Gasteiger partial charge in [0.15, 0.2) is 0 Å². The number of nitriles is 1. The molecule has 0 radical (unpaired) electrons. The SMILES string of the molecule is Cc1cc(Br)cc(Cl)c1Nc1c(C#N)cnc2cc(-c3ccc(CNCCN(C)C)s3)ccc12. The molecular formula is C26H25BrClN5S. The van der Waals surface area contributed by atoms with Crippen LogP contribution in [0.2, 0.25) is 5.02 Å². The summed E-state index contributed by atoms with van der Waals surface area (Å²) in [6.07, 6.45) is 1.62. The number of pyridine rings is 1. The van der Waals surface area contributed by atoms with Crippen molar-refractivity contribution in [2.24, 2.45) is 0 Å². The highest BCUT2D eigenvalue weighted by atomic mass is 79.9. The highest BCUT2D eigenvalue weighted by Crippen LogP contribution is 2.37. The number of thiophene rings is 1. The quantitative estimate of drug-likeness (QED) is 0.231. The molecule has 2 N–H and O–H groups in total. The minimum atomic E-state index is 0.473. The van der Waals surface area contributed by atoms with Crippen LogP contribution >= 0.6 is 38.9 Å². The zero-order valence-electron chi connectivity index (χ0n) is 19.2. The lowest BCUT2D eigenvalue weighted by molar-refractivity contribution is 0.400. The minimum Gasteiger partial charge on any atom is -0.352 e. The third-order valence-corrected chi connectivity index (χ3v) is 7.36. The Bertz CT molecular complexity index is 1350. The number of benzene rings is 2. The van der Waals surface area contributed by atoms with Crippen LogP contribution in [-0.4, -0.2) is 37.1 Å². The number of aryl methyl sites for hydroxylation is 1. The highest BCUT2D eigenvalue weighted by molar-refractivity contribution is 9.10. The molecule has 4 aromatic rings. The second-order valence-corrected chi connectivity index (χ2v) is 10.8. The number of nitrogens with zero attached hydrogens (tertiary/aromatic N) is 3. The molecule has 34 heavy (non-hydrogen) atoms. The fourth-order valence-electron chi connectivity index (χ4n) is 3.69. The molecule has 0 amide bonds. The topological polar surface area (TPSA) is 64.0 Å². The van der Waals surface area contributed by atoms with Crippen LogP contribution in [0.15, 0.2) is 53.1 Å². The van der Waals surface area contributed by atoms with E-state index in [9.17, 15) is 5.26 Å². The number of hydrogen-bond donors (Lipinski definition) is 2. The van der Waals surface area contributed by atoms with Crippen LogP contribution in [0.5, 0.6) is 0 Å². The lowest BCUT2D eigenvalue weighted by atomic mass is 10.1. The third kappa shape index (κ3) is 5.60. The Hall–Kier alpha value is -2.47. The van der Waals surface area contributed by atoms with Crippen molar-refractivity contribution in [1.29, 1.82) is 5.26 Å². The van der Waals surface area contributed by atoms with Crippen molar-refractivity contribution < 1.29 is 0 Å². The van der Waals surface area contributed by atoms with E-state index in [2.05, 4.69) is 80.9 Å². The molecule has 0 aliphatic rings. The molecule has 0 aliphatic heterocycles. The first kappa shape index (κ1) is 24.6. The number of hydrogen-bond acceptors (Lipinski definition) is 6. The lowest BCUT2D eigenvalue weighted by Gasteiger charge is -2.15. The predicted molar refractivity (Wildman–Crippen MR) is 147 cm³/mol. The number of anilines is 2. The van der Waals surface area contributed by atoms with Gasteiger partial charge in [0.1, 0.15) is 6.07 Å². The van der Waals surface area contributed by atoms with E-state index >= 15 is 0 Å². The van der Waals surface area contributed by atoms with Gasteiger partial charge in [-0.05, 0) is 62.5 Å². The average Bonchev–Trinajstić information content (AvgIpc) is 3.27. The summed E-state index contributed by atoms with van der Waals surface area (Å²) in [5.41, 5.74) is 4.88. The van der Waals surface area contributed by atoms with Crippen molar-refractivity contribution in [1.82, 2.24) is 15.2 Å². The Morgan fingerprint density at radius 1 is 1.15 bits per heavy atom. The molecule has 2 heterocycles. The second kappa shape index (κ2) is 10.9. The van der Waals surface area contributed by atoms with Gasteiger partial charge in [-0.3, -0.25) is 4.98 Å². The molecular weight excluding hydrogens is 530 g/mol. The molecule has 8 heteroatoms.